The molecule has 210 valence electrons. The van der Waals surface area contributed by atoms with E-state index in [1.165, 1.54) is 30.2 Å². The number of hydrogen-bond donors (Lipinski definition) is 3. The molecule has 0 saturated heterocycles. The number of ether oxygens (including phenoxy) is 2. The third-order valence-electron chi connectivity index (χ3n) is 5.56. The van der Waals surface area contributed by atoms with Gasteiger partial charge in [-0.05, 0) is 51.0 Å². The maximum Gasteiger partial charge on any atom is 0.408 e. The molecule has 2 rings (SSSR count). The van der Waals surface area contributed by atoms with Gasteiger partial charge in [-0.1, -0.05) is 48.0 Å². The predicted octanol–water partition coefficient (Wildman–Crippen LogP) is 3.18. The molecule has 0 aliphatic rings. The van der Waals surface area contributed by atoms with Gasteiger partial charge in [0.25, 0.3) is 0 Å². The Morgan fingerprint density at radius 1 is 1.05 bits per heavy atom. The summed E-state index contributed by atoms with van der Waals surface area (Å²) in [7, 11) is 1.20. The number of amides is 3. The third-order valence-corrected chi connectivity index (χ3v) is 5.56. The van der Waals surface area contributed by atoms with E-state index in [9.17, 15) is 24.3 Å². The quantitative estimate of drug-likeness (QED) is 0.295. The smallest absolute Gasteiger partial charge is 0.408 e. The molecule has 0 fully saturated rings. The van der Waals surface area contributed by atoms with E-state index in [0.29, 0.717) is 11.1 Å². The molecule has 0 bridgehead atoms. The predicted molar refractivity (Wildman–Crippen MR) is 146 cm³/mol. The maximum atomic E-state index is 14.1. The first-order valence-electron chi connectivity index (χ1n) is 12.4. The van der Waals surface area contributed by atoms with Crippen LogP contribution in [0.2, 0.25) is 0 Å². The highest BCUT2D eigenvalue weighted by Crippen LogP contribution is 2.24. The summed E-state index contributed by atoms with van der Waals surface area (Å²) in [5, 5.41) is 14.8. The zero-order chi connectivity index (χ0) is 29.2. The highest BCUT2D eigenvalue weighted by Gasteiger charge is 2.36. The average Bonchev–Trinajstić information content (AvgIpc) is 2.87. The van der Waals surface area contributed by atoms with Crippen molar-refractivity contribution in [3.8, 4) is 5.75 Å². The number of esters is 1. The number of benzene rings is 2. The Labute approximate surface area is 229 Å². The molecule has 2 aromatic rings. The van der Waals surface area contributed by atoms with Crippen LogP contribution in [0, 0.1) is 6.92 Å². The number of nitrogens with zero attached hydrogens (tertiary/aromatic N) is 1. The molecule has 3 amide bonds. The van der Waals surface area contributed by atoms with Gasteiger partial charge in [-0.3, -0.25) is 14.4 Å². The van der Waals surface area contributed by atoms with Crippen molar-refractivity contribution in [2.24, 2.45) is 0 Å². The second-order valence-corrected chi connectivity index (χ2v) is 9.96. The third kappa shape index (κ3) is 9.81. The van der Waals surface area contributed by atoms with Crippen molar-refractivity contribution in [3.05, 3.63) is 77.9 Å². The lowest BCUT2D eigenvalue weighted by molar-refractivity contribution is -0.144. The summed E-state index contributed by atoms with van der Waals surface area (Å²) in [6.45, 7) is 10.3. The summed E-state index contributed by atoms with van der Waals surface area (Å²) in [6, 6.07) is 11.0. The molecule has 2 atom stereocenters. The van der Waals surface area contributed by atoms with Crippen molar-refractivity contribution in [1.29, 1.82) is 0 Å². The van der Waals surface area contributed by atoms with Gasteiger partial charge in [-0.2, -0.15) is 0 Å². The largest absolute Gasteiger partial charge is 0.508 e. The second kappa shape index (κ2) is 14.0. The number of phenolic OH excluding ortho intramolecular Hbond substituents is 1. The molecule has 39 heavy (non-hydrogen) atoms. The number of rotatable bonds is 11. The van der Waals surface area contributed by atoms with E-state index in [4.69, 9.17) is 4.74 Å². The number of carbonyl (C=O) groups is 4. The van der Waals surface area contributed by atoms with Gasteiger partial charge in [-0.15, -0.1) is 6.58 Å². The Hall–Kier alpha value is -4.34. The van der Waals surface area contributed by atoms with E-state index in [2.05, 4.69) is 21.9 Å². The molecule has 0 spiro atoms. The number of hydrogen-bond acceptors (Lipinski definition) is 7. The Morgan fingerprint density at radius 3 is 2.21 bits per heavy atom. The van der Waals surface area contributed by atoms with Crippen molar-refractivity contribution < 1.29 is 33.8 Å². The first-order valence-corrected chi connectivity index (χ1v) is 12.4. The summed E-state index contributed by atoms with van der Waals surface area (Å²) < 4.78 is 10.0. The van der Waals surface area contributed by atoms with Crippen LogP contribution >= 0.6 is 0 Å². The number of methoxy groups -OCH3 is 1. The molecular weight excluding hydrogens is 502 g/mol. The monoisotopic (exact) mass is 539 g/mol. The van der Waals surface area contributed by atoms with Crippen LogP contribution < -0.4 is 10.6 Å². The fourth-order valence-corrected chi connectivity index (χ4v) is 3.73. The van der Waals surface area contributed by atoms with Crippen LogP contribution in [0.3, 0.4) is 0 Å². The van der Waals surface area contributed by atoms with Gasteiger partial charge >= 0.3 is 12.1 Å². The van der Waals surface area contributed by atoms with Crippen molar-refractivity contribution in [2.45, 2.75) is 51.8 Å². The van der Waals surface area contributed by atoms with Crippen LogP contribution in [0.1, 0.15) is 43.5 Å². The highest BCUT2D eigenvalue weighted by molar-refractivity contribution is 5.93. The molecule has 3 N–H and O–H groups in total. The second-order valence-electron chi connectivity index (χ2n) is 9.96. The van der Waals surface area contributed by atoms with Crippen LogP contribution in [-0.4, -0.2) is 65.7 Å². The molecule has 0 saturated carbocycles. The van der Waals surface area contributed by atoms with Crippen LogP contribution in [0.15, 0.2) is 61.2 Å². The van der Waals surface area contributed by atoms with E-state index >= 15 is 0 Å². The van der Waals surface area contributed by atoms with Gasteiger partial charge in [0, 0.05) is 13.0 Å². The molecule has 10 nitrogen and oxygen atoms in total. The lowest BCUT2D eigenvalue weighted by atomic mass is 9.99. The lowest BCUT2D eigenvalue weighted by Gasteiger charge is -2.34. The van der Waals surface area contributed by atoms with E-state index < -0.39 is 41.6 Å². The number of phenols is 1. The fourth-order valence-electron chi connectivity index (χ4n) is 3.73. The van der Waals surface area contributed by atoms with E-state index in [1.807, 2.05) is 6.92 Å². The normalized spacial score (nSPS) is 12.4. The van der Waals surface area contributed by atoms with Crippen molar-refractivity contribution in [3.63, 3.8) is 0 Å². The molecular formula is C29H37N3O7. The molecule has 10 heteroatoms. The van der Waals surface area contributed by atoms with Gasteiger partial charge in [0.05, 0.1) is 7.11 Å². The molecule has 0 aromatic heterocycles. The Bertz CT molecular complexity index is 1150. The average molecular weight is 540 g/mol. The summed E-state index contributed by atoms with van der Waals surface area (Å²) >= 11 is 0. The Morgan fingerprint density at radius 2 is 1.67 bits per heavy atom. The minimum absolute atomic E-state index is 0.0366. The summed E-state index contributed by atoms with van der Waals surface area (Å²) in [4.78, 5) is 53.2. The minimum Gasteiger partial charge on any atom is -0.508 e. The molecule has 0 radical (unpaired) electrons. The summed E-state index contributed by atoms with van der Waals surface area (Å²) in [5.74, 6) is -1.78. The molecule has 0 heterocycles. The van der Waals surface area contributed by atoms with Gasteiger partial charge in [0.2, 0.25) is 11.8 Å². The van der Waals surface area contributed by atoms with E-state index in [1.54, 1.807) is 57.2 Å². The van der Waals surface area contributed by atoms with E-state index in [0.717, 1.165) is 5.56 Å². The lowest BCUT2D eigenvalue weighted by Crippen LogP contribution is -2.54. The van der Waals surface area contributed by atoms with Crippen molar-refractivity contribution in [1.82, 2.24) is 15.5 Å². The maximum absolute atomic E-state index is 14.1. The van der Waals surface area contributed by atoms with Crippen LogP contribution in [0.5, 0.6) is 5.75 Å². The molecule has 0 aliphatic heterocycles. The minimum atomic E-state index is -1.15. The zero-order valence-corrected chi connectivity index (χ0v) is 23.0. The highest BCUT2D eigenvalue weighted by atomic mass is 16.6. The number of nitrogens with one attached hydrogen (secondary N) is 2. The molecule has 2 unspecified atom stereocenters. The van der Waals surface area contributed by atoms with Crippen LogP contribution in [-0.2, 0) is 30.3 Å². The van der Waals surface area contributed by atoms with Gasteiger partial charge < -0.3 is 30.1 Å². The van der Waals surface area contributed by atoms with Crippen molar-refractivity contribution in [2.75, 3.05) is 20.2 Å². The number of aromatic hydroxyl groups is 1. The summed E-state index contributed by atoms with van der Waals surface area (Å²) in [5.41, 5.74) is 1.29. The van der Waals surface area contributed by atoms with Crippen LogP contribution in [0.4, 0.5) is 4.79 Å². The summed E-state index contributed by atoms with van der Waals surface area (Å²) in [6.07, 6.45) is 0.717. The number of alkyl carbamates (subject to hydrolysis) is 1. The number of aryl methyl sites for hydroxylation is 1. The standard InChI is InChI=1S/C29H37N3O7/c1-7-16-32(25(21-12-8-19(2)9-13-21)26(35)30-18-24(34)38-6)27(36)23(31-28(37)39-29(3,4)5)17-20-10-14-22(33)15-11-20/h7-15,23,25,33H,1,16-18H2,2-6H3,(H,30,35)(H,31,37). The first kappa shape index (κ1) is 30.9. The zero-order valence-electron chi connectivity index (χ0n) is 23.0. The van der Waals surface area contributed by atoms with Crippen LogP contribution in [0.25, 0.3) is 0 Å². The van der Waals surface area contributed by atoms with Crippen molar-refractivity contribution >= 4 is 23.9 Å². The fraction of sp³-hybridized carbons (Fsp3) is 0.379. The topological polar surface area (TPSA) is 134 Å². The Balaban J connectivity index is 2.51. The molecule has 0 aliphatic carbocycles. The number of carbonyl (C=O) groups excluding carboxylic acids is 4. The SMILES string of the molecule is C=CCN(C(=O)C(Cc1ccc(O)cc1)NC(=O)OC(C)(C)C)C(C(=O)NCC(=O)OC)c1ccc(C)cc1. The van der Waals surface area contributed by atoms with Gasteiger partial charge in [-0.25, -0.2) is 4.79 Å². The van der Waals surface area contributed by atoms with Gasteiger partial charge in [0.15, 0.2) is 0 Å². The van der Waals surface area contributed by atoms with Gasteiger partial charge in [0.1, 0.15) is 30.0 Å². The molecule has 2 aromatic carbocycles. The Kier molecular flexibility index (Phi) is 11.1. The van der Waals surface area contributed by atoms with E-state index in [-0.39, 0.29) is 25.3 Å². The first-order chi connectivity index (χ1) is 18.3.